The van der Waals surface area contributed by atoms with Crippen molar-refractivity contribution in [3.8, 4) is 0 Å². The minimum Gasteiger partial charge on any atom is -0.334 e. The molecular weight excluding hydrogens is 368 g/mol. The number of thiophene rings is 1. The first-order valence-electron chi connectivity index (χ1n) is 6.57. The summed E-state index contributed by atoms with van der Waals surface area (Å²) in [5.74, 6) is 6.12. The summed E-state index contributed by atoms with van der Waals surface area (Å²) in [5.41, 5.74) is 2.71. The third kappa shape index (κ3) is 4.31. The average Bonchev–Trinajstić information content (AvgIpc) is 3.30. The Labute approximate surface area is 149 Å². The molecule has 12 heteroatoms. The maximum Gasteiger partial charge on any atom is 0.264 e. The van der Waals surface area contributed by atoms with E-state index in [1.807, 2.05) is 17.5 Å². The zero-order valence-electron chi connectivity index (χ0n) is 12.1. The Hall–Kier alpha value is -2.44. The van der Waals surface area contributed by atoms with Gasteiger partial charge in [0.05, 0.1) is 12.0 Å². The number of hydrazone groups is 1. The molecule has 1 amide bonds. The van der Waals surface area contributed by atoms with Crippen LogP contribution in [0.1, 0.15) is 4.88 Å². The van der Waals surface area contributed by atoms with Gasteiger partial charge in [0.25, 0.3) is 5.95 Å². The van der Waals surface area contributed by atoms with Gasteiger partial charge < -0.3 is 11.2 Å². The molecule has 3 aromatic rings. The van der Waals surface area contributed by atoms with E-state index in [0.29, 0.717) is 10.3 Å². The zero-order chi connectivity index (χ0) is 16.8. The molecule has 4 N–H and O–H groups in total. The topological polar surface area (TPSA) is 123 Å². The standard InChI is InChI=1S/C12H12N8OS3/c13-20-10(17-15-6-8-2-1-4-22-8)18-19-12(20)24-7-9(21)16-11-14-3-5-23-11/h1-6H,7,13H2,(H,17,18)(H,14,16,21)/b15-6+. The SMILES string of the molecule is Nn1c(N/N=C/c2cccs2)nnc1SCC(=O)Nc1nccs1. The van der Waals surface area contributed by atoms with Gasteiger partial charge in [-0.25, -0.2) is 15.1 Å². The van der Waals surface area contributed by atoms with E-state index in [9.17, 15) is 4.79 Å². The van der Waals surface area contributed by atoms with E-state index in [0.717, 1.165) is 4.88 Å². The molecule has 3 aromatic heterocycles. The number of nitrogens with zero attached hydrogens (tertiary/aromatic N) is 5. The highest BCUT2D eigenvalue weighted by Crippen LogP contribution is 2.18. The van der Waals surface area contributed by atoms with Gasteiger partial charge in [-0.1, -0.05) is 17.8 Å². The molecule has 0 saturated heterocycles. The maximum absolute atomic E-state index is 11.8. The van der Waals surface area contributed by atoms with Crippen molar-refractivity contribution in [1.82, 2.24) is 19.9 Å². The Morgan fingerprint density at radius 2 is 2.33 bits per heavy atom. The molecule has 0 aliphatic heterocycles. The van der Waals surface area contributed by atoms with Crippen LogP contribution in [-0.4, -0.2) is 37.7 Å². The molecule has 0 spiro atoms. The van der Waals surface area contributed by atoms with Crippen molar-refractivity contribution in [2.45, 2.75) is 5.16 Å². The molecule has 0 radical (unpaired) electrons. The lowest BCUT2D eigenvalue weighted by Gasteiger charge is -2.03. The highest BCUT2D eigenvalue weighted by molar-refractivity contribution is 7.99. The highest BCUT2D eigenvalue weighted by Gasteiger charge is 2.12. The lowest BCUT2D eigenvalue weighted by Crippen LogP contribution is -2.16. The minimum absolute atomic E-state index is 0.146. The second-order valence-electron chi connectivity index (χ2n) is 4.24. The lowest BCUT2D eigenvalue weighted by atomic mass is 10.5. The van der Waals surface area contributed by atoms with Gasteiger partial charge in [-0.15, -0.1) is 32.9 Å². The molecular formula is C12H12N8OS3. The summed E-state index contributed by atoms with van der Waals surface area (Å²) < 4.78 is 1.24. The molecule has 9 nitrogen and oxygen atoms in total. The summed E-state index contributed by atoms with van der Waals surface area (Å²) in [4.78, 5) is 16.8. The fourth-order valence-corrected chi connectivity index (χ4v) is 3.33. The Morgan fingerprint density at radius 3 is 3.08 bits per heavy atom. The third-order valence-electron chi connectivity index (χ3n) is 2.58. The number of hydrogen-bond acceptors (Lipinski definition) is 10. The van der Waals surface area contributed by atoms with E-state index in [4.69, 9.17) is 5.84 Å². The Morgan fingerprint density at radius 1 is 1.42 bits per heavy atom. The van der Waals surface area contributed by atoms with E-state index in [2.05, 4.69) is 31.0 Å². The molecule has 124 valence electrons. The quantitative estimate of drug-likeness (QED) is 0.247. The van der Waals surface area contributed by atoms with Crippen molar-refractivity contribution >= 4 is 57.6 Å². The summed E-state index contributed by atoms with van der Waals surface area (Å²) in [7, 11) is 0. The number of thioether (sulfide) groups is 1. The number of amides is 1. The summed E-state index contributed by atoms with van der Waals surface area (Å²) in [6, 6.07) is 3.87. The molecule has 0 saturated carbocycles. The summed E-state index contributed by atoms with van der Waals surface area (Å²) in [5, 5.41) is 19.2. The summed E-state index contributed by atoms with van der Waals surface area (Å²) >= 11 is 4.09. The van der Waals surface area contributed by atoms with Crippen LogP contribution in [0, 0.1) is 0 Å². The zero-order valence-corrected chi connectivity index (χ0v) is 14.6. The predicted molar refractivity (Wildman–Crippen MR) is 97.2 cm³/mol. The monoisotopic (exact) mass is 380 g/mol. The number of nitrogen functional groups attached to an aromatic ring is 1. The van der Waals surface area contributed by atoms with Crippen molar-refractivity contribution < 1.29 is 4.79 Å². The first-order valence-corrected chi connectivity index (χ1v) is 9.32. The van der Waals surface area contributed by atoms with Crippen molar-refractivity contribution in [3.05, 3.63) is 34.0 Å². The van der Waals surface area contributed by atoms with Crippen LogP contribution in [0.5, 0.6) is 0 Å². The maximum atomic E-state index is 11.8. The molecule has 0 unspecified atom stereocenters. The van der Waals surface area contributed by atoms with Crippen molar-refractivity contribution in [2.75, 3.05) is 22.3 Å². The summed E-state index contributed by atoms with van der Waals surface area (Å²) in [6.07, 6.45) is 3.28. The third-order valence-corrected chi connectivity index (χ3v) is 5.01. The Balaban J connectivity index is 1.51. The highest BCUT2D eigenvalue weighted by atomic mass is 32.2. The van der Waals surface area contributed by atoms with Gasteiger partial charge in [0.15, 0.2) is 5.13 Å². The number of carbonyl (C=O) groups is 1. The van der Waals surface area contributed by atoms with E-state index in [1.165, 1.54) is 27.8 Å². The van der Waals surface area contributed by atoms with Crippen LogP contribution in [0.3, 0.4) is 0 Å². The van der Waals surface area contributed by atoms with Crippen molar-refractivity contribution in [2.24, 2.45) is 5.10 Å². The van der Waals surface area contributed by atoms with Gasteiger partial charge in [0.2, 0.25) is 11.1 Å². The first kappa shape index (κ1) is 16.4. The predicted octanol–water partition coefficient (Wildman–Crippen LogP) is 1.69. The first-order chi connectivity index (χ1) is 11.7. The molecule has 0 fully saturated rings. The van der Waals surface area contributed by atoms with Crippen LogP contribution in [0.15, 0.2) is 39.3 Å². The van der Waals surface area contributed by atoms with Gasteiger partial charge >= 0.3 is 0 Å². The van der Waals surface area contributed by atoms with E-state index >= 15 is 0 Å². The van der Waals surface area contributed by atoms with Crippen LogP contribution in [0.25, 0.3) is 0 Å². The second kappa shape index (κ2) is 7.90. The molecule has 0 bridgehead atoms. The van der Waals surface area contributed by atoms with Gasteiger partial charge in [-0.2, -0.15) is 5.10 Å². The Kier molecular flexibility index (Phi) is 5.40. The average molecular weight is 380 g/mol. The largest absolute Gasteiger partial charge is 0.334 e. The minimum atomic E-state index is -0.192. The molecule has 3 heterocycles. The number of anilines is 2. The number of nitrogens with two attached hydrogens (primary N) is 1. The lowest BCUT2D eigenvalue weighted by molar-refractivity contribution is -0.113. The normalized spacial score (nSPS) is 11.0. The fraction of sp³-hybridized carbons (Fsp3) is 0.0833. The van der Waals surface area contributed by atoms with Crippen molar-refractivity contribution in [3.63, 3.8) is 0 Å². The van der Waals surface area contributed by atoms with Crippen molar-refractivity contribution in [1.29, 1.82) is 0 Å². The summed E-state index contributed by atoms with van der Waals surface area (Å²) in [6.45, 7) is 0. The fourth-order valence-electron chi connectivity index (χ4n) is 1.54. The molecule has 24 heavy (non-hydrogen) atoms. The van der Waals surface area contributed by atoms with Crippen LogP contribution < -0.4 is 16.6 Å². The second-order valence-corrected chi connectivity index (χ2v) is 7.05. The Bertz CT molecular complexity index is 812. The van der Waals surface area contributed by atoms with Crippen LogP contribution in [0.2, 0.25) is 0 Å². The molecule has 3 rings (SSSR count). The van der Waals surface area contributed by atoms with Crippen LogP contribution in [-0.2, 0) is 4.79 Å². The van der Waals surface area contributed by atoms with E-state index < -0.39 is 0 Å². The van der Waals surface area contributed by atoms with E-state index in [1.54, 1.807) is 29.1 Å². The van der Waals surface area contributed by atoms with Crippen LogP contribution in [0.4, 0.5) is 11.1 Å². The number of carbonyl (C=O) groups excluding carboxylic acids is 1. The number of nitrogens with one attached hydrogen (secondary N) is 2. The number of thiazole rings is 1. The molecule has 0 atom stereocenters. The van der Waals surface area contributed by atoms with Gasteiger partial charge in [0, 0.05) is 16.5 Å². The van der Waals surface area contributed by atoms with Gasteiger partial charge in [-0.3, -0.25) is 4.79 Å². The van der Waals surface area contributed by atoms with Gasteiger partial charge in [-0.05, 0) is 11.4 Å². The van der Waals surface area contributed by atoms with Gasteiger partial charge in [0.1, 0.15) is 0 Å². The smallest absolute Gasteiger partial charge is 0.264 e. The van der Waals surface area contributed by atoms with E-state index in [-0.39, 0.29) is 17.6 Å². The molecule has 0 aliphatic rings. The number of hydrogen-bond donors (Lipinski definition) is 3. The number of rotatable bonds is 7. The molecule has 0 aromatic carbocycles. The molecule has 0 aliphatic carbocycles. The number of aromatic nitrogens is 4. The van der Waals surface area contributed by atoms with Crippen LogP contribution >= 0.6 is 34.4 Å².